The zero-order valence-electron chi connectivity index (χ0n) is 11.7. The van der Waals surface area contributed by atoms with Crippen molar-refractivity contribution < 1.29 is 14.7 Å². The number of carboxylic acid groups (broad SMARTS) is 1. The van der Waals surface area contributed by atoms with Crippen LogP contribution in [0.1, 0.15) is 52.4 Å². The molecule has 1 saturated carbocycles. The molecule has 0 aromatic carbocycles. The minimum atomic E-state index is -1.03. The molecular formula is C14H23NO3S. The standard InChI is InChI=1S/C14H23NO3S/c1-10-4-7-14(8-5-10,12(17)18)15-11(16)13(2)6-3-9-19-13/h10H,3-9H2,1-2H3,(H,15,16)(H,17,18). The summed E-state index contributed by atoms with van der Waals surface area (Å²) in [5.74, 6) is 0.577. The van der Waals surface area contributed by atoms with Gasteiger partial charge in [-0.3, -0.25) is 4.79 Å². The normalized spacial score (nSPS) is 38.9. The van der Waals surface area contributed by atoms with Gasteiger partial charge in [0, 0.05) is 0 Å². The van der Waals surface area contributed by atoms with E-state index in [0.717, 1.165) is 31.4 Å². The molecule has 1 unspecified atom stereocenters. The number of carbonyl (C=O) groups is 2. The Balaban J connectivity index is 2.09. The molecule has 2 fully saturated rings. The number of rotatable bonds is 3. The molecule has 1 saturated heterocycles. The first-order valence-corrected chi connectivity index (χ1v) is 8.06. The highest BCUT2D eigenvalue weighted by Crippen LogP contribution is 2.39. The van der Waals surface area contributed by atoms with E-state index in [9.17, 15) is 14.7 Å². The van der Waals surface area contributed by atoms with Crippen LogP contribution in [-0.4, -0.2) is 33.0 Å². The van der Waals surface area contributed by atoms with Crippen molar-refractivity contribution in [1.29, 1.82) is 0 Å². The first-order valence-electron chi connectivity index (χ1n) is 7.08. The summed E-state index contributed by atoms with van der Waals surface area (Å²) in [6.45, 7) is 4.07. The van der Waals surface area contributed by atoms with E-state index in [2.05, 4.69) is 12.2 Å². The average Bonchev–Trinajstić information content (AvgIpc) is 2.80. The fraction of sp³-hybridized carbons (Fsp3) is 0.857. The summed E-state index contributed by atoms with van der Waals surface area (Å²) in [4.78, 5) is 24.0. The Morgan fingerprint density at radius 3 is 2.37 bits per heavy atom. The number of carbonyl (C=O) groups excluding carboxylic acids is 1. The maximum absolute atomic E-state index is 12.4. The zero-order valence-corrected chi connectivity index (χ0v) is 12.5. The molecule has 108 valence electrons. The van der Waals surface area contributed by atoms with E-state index >= 15 is 0 Å². The number of thioether (sulfide) groups is 1. The second-order valence-electron chi connectivity index (χ2n) is 6.21. The molecule has 2 N–H and O–H groups in total. The van der Waals surface area contributed by atoms with Gasteiger partial charge in [-0.1, -0.05) is 6.92 Å². The Labute approximate surface area is 118 Å². The molecule has 1 aliphatic heterocycles. The van der Waals surface area contributed by atoms with Gasteiger partial charge >= 0.3 is 5.97 Å². The number of hydrogen-bond acceptors (Lipinski definition) is 3. The van der Waals surface area contributed by atoms with E-state index in [4.69, 9.17) is 0 Å². The monoisotopic (exact) mass is 285 g/mol. The van der Waals surface area contributed by atoms with E-state index in [1.165, 1.54) is 0 Å². The van der Waals surface area contributed by atoms with Crippen molar-refractivity contribution in [3.8, 4) is 0 Å². The van der Waals surface area contributed by atoms with Gasteiger partial charge in [0.25, 0.3) is 0 Å². The summed E-state index contributed by atoms with van der Waals surface area (Å²) < 4.78 is -0.439. The van der Waals surface area contributed by atoms with Gasteiger partial charge in [0.2, 0.25) is 5.91 Å². The third kappa shape index (κ3) is 2.91. The molecule has 19 heavy (non-hydrogen) atoms. The van der Waals surface area contributed by atoms with Crippen LogP contribution in [0.15, 0.2) is 0 Å². The minimum absolute atomic E-state index is 0.0908. The Hall–Kier alpha value is -0.710. The van der Waals surface area contributed by atoms with Crippen LogP contribution in [0.5, 0.6) is 0 Å². The van der Waals surface area contributed by atoms with Crippen molar-refractivity contribution in [2.45, 2.75) is 62.7 Å². The average molecular weight is 285 g/mol. The summed E-state index contributed by atoms with van der Waals surface area (Å²) in [7, 11) is 0. The maximum Gasteiger partial charge on any atom is 0.329 e. The quantitative estimate of drug-likeness (QED) is 0.835. The SMILES string of the molecule is CC1CCC(NC(=O)C2(C)CCCS2)(C(=O)O)CC1. The number of carboxylic acids is 1. The zero-order chi connectivity index (χ0) is 14.1. The highest BCUT2D eigenvalue weighted by atomic mass is 32.2. The predicted molar refractivity (Wildman–Crippen MR) is 76.2 cm³/mol. The second-order valence-corrected chi connectivity index (χ2v) is 7.80. The first-order chi connectivity index (χ1) is 8.88. The van der Waals surface area contributed by atoms with Crippen LogP contribution in [0.4, 0.5) is 0 Å². The fourth-order valence-electron chi connectivity index (χ4n) is 2.95. The van der Waals surface area contributed by atoms with Gasteiger partial charge in [-0.15, -0.1) is 11.8 Å². The van der Waals surface area contributed by atoms with Crippen molar-refractivity contribution in [2.24, 2.45) is 5.92 Å². The molecule has 0 spiro atoms. The molecule has 0 bridgehead atoms. The molecule has 0 aromatic rings. The molecule has 2 rings (SSSR count). The molecule has 0 radical (unpaired) electrons. The van der Waals surface area contributed by atoms with Gasteiger partial charge in [0.1, 0.15) is 5.54 Å². The summed E-state index contributed by atoms with van der Waals surface area (Å²) in [6.07, 6.45) is 4.72. The molecule has 1 amide bonds. The molecular weight excluding hydrogens is 262 g/mol. The predicted octanol–water partition coefficient (Wildman–Crippen LogP) is 2.42. The second kappa shape index (κ2) is 5.35. The van der Waals surface area contributed by atoms with Crippen LogP contribution in [0.3, 0.4) is 0 Å². The van der Waals surface area contributed by atoms with Crippen LogP contribution in [0, 0.1) is 5.92 Å². The first kappa shape index (κ1) is 14.7. The lowest BCUT2D eigenvalue weighted by Crippen LogP contribution is -2.59. The molecule has 4 nitrogen and oxygen atoms in total. The molecule has 1 atom stereocenters. The van der Waals surface area contributed by atoms with E-state index in [-0.39, 0.29) is 5.91 Å². The van der Waals surface area contributed by atoms with Crippen LogP contribution in [0.25, 0.3) is 0 Å². The number of hydrogen-bond donors (Lipinski definition) is 2. The topological polar surface area (TPSA) is 66.4 Å². The Morgan fingerprint density at radius 2 is 1.89 bits per heavy atom. The smallest absolute Gasteiger partial charge is 0.329 e. The third-order valence-corrected chi connectivity index (χ3v) is 6.11. The Kier molecular flexibility index (Phi) is 4.14. The van der Waals surface area contributed by atoms with Gasteiger partial charge in [0.15, 0.2) is 0 Å². The molecule has 0 aromatic heterocycles. The van der Waals surface area contributed by atoms with Crippen molar-refractivity contribution in [3.05, 3.63) is 0 Å². The lowest BCUT2D eigenvalue weighted by Gasteiger charge is -2.38. The molecule has 1 aliphatic carbocycles. The van der Waals surface area contributed by atoms with E-state index in [0.29, 0.717) is 18.8 Å². The fourth-order valence-corrected chi connectivity index (χ4v) is 4.16. The number of amides is 1. The van der Waals surface area contributed by atoms with Crippen LogP contribution in [-0.2, 0) is 9.59 Å². The molecule has 1 heterocycles. The van der Waals surface area contributed by atoms with Gasteiger partial charge in [-0.25, -0.2) is 4.79 Å². The van der Waals surface area contributed by atoms with Crippen LogP contribution < -0.4 is 5.32 Å². The third-order valence-electron chi connectivity index (χ3n) is 4.59. The lowest BCUT2D eigenvalue weighted by molar-refractivity contribution is -0.150. The molecule has 2 aliphatic rings. The van der Waals surface area contributed by atoms with Crippen molar-refractivity contribution in [2.75, 3.05) is 5.75 Å². The highest BCUT2D eigenvalue weighted by Gasteiger charge is 2.46. The summed E-state index contributed by atoms with van der Waals surface area (Å²) >= 11 is 1.65. The lowest BCUT2D eigenvalue weighted by atomic mass is 9.77. The highest BCUT2D eigenvalue weighted by molar-refractivity contribution is 8.01. The number of aliphatic carboxylic acids is 1. The minimum Gasteiger partial charge on any atom is -0.480 e. The van der Waals surface area contributed by atoms with E-state index in [1.807, 2.05) is 6.92 Å². The van der Waals surface area contributed by atoms with Gasteiger partial charge in [0.05, 0.1) is 4.75 Å². The van der Waals surface area contributed by atoms with Gasteiger partial charge < -0.3 is 10.4 Å². The van der Waals surface area contributed by atoms with Crippen molar-refractivity contribution in [3.63, 3.8) is 0 Å². The van der Waals surface area contributed by atoms with Crippen LogP contribution in [0.2, 0.25) is 0 Å². The van der Waals surface area contributed by atoms with Crippen molar-refractivity contribution in [1.82, 2.24) is 5.32 Å². The van der Waals surface area contributed by atoms with Crippen LogP contribution >= 0.6 is 11.8 Å². The van der Waals surface area contributed by atoms with E-state index < -0.39 is 16.3 Å². The largest absolute Gasteiger partial charge is 0.480 e. The van der Waals surface area contributed by atoms with Gasteiger partial charge in [-0.2, -0.15) is 0 Å². The maximum atomic E-state index is 12.4. The van der Waals surface area contributed by atoms with Gasteiger partial charge in [-0.05, 0) is 57.1 Å². The summed E-state index contributed by atoms with van der Waals surface area (Å²) in [6, 6.07) is 0. The molecule has 5 heteroatoms. The number of nitrogens with one attached hydrogen (secondary N) is 1. The van der Waals surface area contributed by atoms with Crippen molar-refractivity contribution >= 4 is 23.6 Å². The van der Waals surface area contributed by atoms with E-state index in [1.54, 1.807) is 11.8 Å². The summed E-state index contributed by atoms with van der Waals surface area (Å²) in [5, 5.41) is 12.4. The summed E-state index contributed by atoms with van der Waals surface area (Å²) in [5.41, 5.74) is -1.03. The Morgan fingerprint density at radius 1 is 1.26 bits per heavy atom. The Bertz CT molecular complexity index is 369.